The zero-order chi connectivity index (χ0) is 22.6. The molecule has 30 heavy (non-hydrogen) atoms. The van der Waals surface area contributed by atoms with Crippen LogP contribution < -0.4 is 4.74 Å². The Hall–Kier alpha value is -3.29. The fourth-order valence-electron chi connectivity index (χ4n) is 3.15. The molecule has 0 atom stereocenters. The number of ketones is 1. The summed E-state index contributed by atoms with van der Waals surface area (Å²) >= 11 is 0. The summed E-state index contributed by atoms with van der Waals surface area (Å²) in [5.41, 5.74) is 3.00. The van der Waals surface area contributed by atoms with Crippen LogP contribution in [0.15, 0.2) is 23.9 Å². The SMILES string of the molecule is CCCn1ncc(C(=O)c2ccc([N+](=O)[O-])c(C(C)=C(C)C)c2C)c1OC(=O)CC. The number of ether oxygens (including phenoxy) is 1. The van der Waals surface area contributed by atoms with E-state index in [0.29, 0.717) is 23.2 Å². The number of aromatic nitrogens is 2. The number of nitro groups is 1. The van der Waals surface area contributed by atoms with Crippen molar-refractivity contribution in [3.63, 3.8) is 0 Å². The predicted octanol–water partition coefficient (Wildman–Crippen LogP) is 4.87. The van der Waals surface area contributed by atoms with Crippen LogP contribution in [0.5, 0.6) is 5.88 Å². The summed E-state index contributed by atoms with van der Waals surface area (Å²) in [5.74, 6) is -0.762. The number of hydrogen-bond acceptors (Lipinski definition) is 6. The van der Waals surface area contributed by atoms with Gasteiger partial charge in [0.05, 0.1) is 16.7 Å². The lowest BCUT2D eigenvalue weighted by atomic mass is 9.90. The molecule has 0 saturated carbocycles. The molecule has 0 radical (unpaired) electrons. The summed E-state index contributed by atoms with van der Waals surface area (Å²) in [4.78, 5) is 36.4. The quantitative estimate of drug-likeness (QED) is 0.265. The van der Waals surface area contributed by atoms with Gasteiger partial charge >= 0.3 is 5.97 Å². The van der Waals surface area contributed by atoms with Crippen LogP contribution >= 0.6 is 0 Å². The topological polar surface area (TPSA) is 104 Å². The van der Waals surface area contributed by atoms with E-state index in [-0.39, 0.29) is 23.6 Å². The van der Waals surface area contributed by atoms with E-state index in [4.69, 9.17) is 4.74 Å². The first-order valence-corrected chi connectivity index (χ1v) is 9.87. The highest BCUT2D eigenvalue weighted by Gasteiger charge is 2.27. The first-order chi connectivity index (χ1) is 14.1. The Labute approximate surface area is 175 Å². The van der Waals surface area contributed by atoms with Crippen LogP contribution in [-0.2, 0) is 11.3 Å². The lowest BCUT2D eigenvalue weighted by Gasteiger charge is -2.14. The highest BCUT2D eigenvalue weighted by atomic mass is 16.6. The van der Waals surface area contributed by atoms with Gasteiger partial charge in [-0.1, -0.05) is 19.4 Å². The van der Waals surface area contributed by atoms with Gasteiger partial charge in [0, 0.05) is 24.6 Å². The lowest BCUT2D eigenvalue weighted by Crippen LogP contribution is -2.14. The Morgan fingerprint density at radius 1 is 1.17 bits per heavy atom. The van der Waals surface area contributed by atoms with E-state index in [2.05, 4.69) is 5.10 Å². The fraction of sp³-hybridized carbons (Fsp3) is 0.409. The van der Waals surface area contributed by atoms with Crippen LogP contribution in [0.3, 0.4) is 0 Å². The number of carbonyl (C=O) groups excluding carboxylic acids is 2. The van der Waals surface area contributed by atoms with Gasteiger partial charge < -0.3 is 4.74 Å². The van der Waals surface area contributed by atoms with Gasteiger partial charge in [-0.3, -0.25) is 19.7 Å². The largest absolute Gasteiger partial charge is 0.407 e. The van der Waals surface area contributed by atoms with Gasteiger partial charge in [-0.25, -0.2) is 4.68 Å². The maximum Gasteiger partial charge on any atom is 0.312 e. The molecular formula is C22H27N3O5. The second-order valence-electron chi connectivity index (χ2n) is 7.26. The van der Waals surface area contributed by atoms with Gasteiger partial charge in [0.25, 0.3) is 5.69 Å². The summed E-state index contributed by atoms with van der Waals surface area (Å²) < 4.78 is 6.89. The van der Waals surface area contributed by atoms with E-state index >= 15 is 0 Å². The summed E-state index contributed by atoms with van der Waals surface area (Å²) in [6, 6.07) is 2.79. The Bertz CT molecular complexity index is 1030. The van der Waals surface area contributed by atoms with E-state index in [1.807, 2.05) is 20.8 Å². The van der Waals surface area contributed by atoms with Gasteiger partial charge in [0.15, 0.2) is 5.78 Å². The monoisotopic (exact) mass is 413 g/mol. The van der Waals surface area contributed by atoms with Crippen LogP contribution in [0.1, 0.15) is 74.5 Å². The average Bonchev–Trinajstić information content (AvgIpc) is 3.08. The van der Waals surface area contributed by atoms with Crippen molar-refractivity contribution in [2.24, 2.45) is 0 Å². The third-order valence-corrected chi connectivity index (χ3v) is 4.98. The Kier molecular flexibility index (Phi) is 7.26. The number of aryl methyl sites for hydroxylation is 1. The summed E-state index contributed by atoms with van der Waals surface area (Å²) in [7, 11) is 0. The van der Waals surface area contributed by atoms with Crippen molar-refractivity contribution in [2.45, 2.75) is 60.9 Å². The minimum atomic E-state index is -0.469. The van der Waals surface area contributed by atoms with Crippen LogP contribution in [-0.4, -0.2) is 26.5 Å². The molecule has 0 amide bonds. The number of benzene rings is 1. The van der Waals surface area contributed by atoms with Crippen LogP contribution in [0.4, 0.5) is 5.69 Å². The predicted molar refractivity (Wildman–Crippen MR) is 114 cm³/mol. The number of nitro benzene ring substituents is 1. The van der Waals surface area contributed by atoms with Gasteiger partial charge in [-0.05, 0) is 51.3 Å². The molecule has 8 heteroatoms. The normalized spacial score (nSPS) is 10.6. The lowest BCUT2D eigenvalue weighted by molar-refractivity contribution is -0.385. The maximum atomic E-state index is 13.4. The van der Waals surface area contributed by atoms with E-state index in [9.17, 15) is 19.7 Å². The number of nitrogens with zero attached hydrogens (tertiary/aromatic N) is 3. The molecule has 160 valence electrons. The molecule has 0 aliphatic rings. The standard InChI is InChI=1S/C22H27N3O5/c1-7-11-24-22(30-19(26)8-2)17(12-23-24)21(27)16-9-10-18(25(28)29)20(15(16)6)14(5)13(3)4/h9-10,12H,7-8,11H2,1-6H3. The highest BCUT2D eigenvalue weighted by molar-refractivity contribution is 6.12. The molecule has 0 N–H and O–H groups in total. The Balaban J connectivity index is 2.68. The number of allylic oxidation sites excluding steroid dienone is 2. The van der Waals surface area contributed by atoms with E-state index in [1.54, 1.807) is 20.8 Å². The molecule has 1 aromatic carbocycles. The first kappa shape index (κ1) is 23.0. The summed E-state index contributed by atoms with van der Waals surface area (Å²) in [5, 5.41) is 15.8. The van der Waals surface area contributed by atoms with Crippen LogP contribution in [0.2, 0.25) is 0 Å². The van der Waals surface area contributed by atoms with Crippen molar-refractivity contribution in [2.75, 3.05) is 0 Å². The van der Waals surface area contributed by atoms with Gasteiger partial charge in [-0.2, -0.15) is 5.10 Å². The molecule has 0 aliphatic carbocycles. The van der Waals surface area contributed by atoms with Crippen molar-refractivity contribution in [1.29, 1.82) is 0 Å². The number of rotatable bonds is 8. The third kappa shape index (κ3) is 4.48. The zero-order valence-corrected chi connectivity index (χ0v) is 18.2. The second kappa shape index (κ2) is 9.47. The van der Waals surface area contributed by atoms with Crippen molar-refractivity contribution in [3.05, 3.63) is 56.3 Å². The van der Waals surface area contributed by atoms with Gasteiger partial charge in [0.1, 0.15) is 5.56 Å². The molecule has 2 rings (SSSR count). The minimum absolute atomic E-state index is 0.0536. The van der Waals surface area contributed by atoms with E-state index in [1.165, 1.54) is 23.0 Å². The van der Waals surface area contributed by atoms with Crippen LogP contribution in [0, 0.1) is 17.0 Å². The molecule has 0 unspecified atom stereocenters. The fourth-order valence-corrected chi connectivity index (χ4v) is 3.15. The average molecular weight is 413 g/mol. The maximum absolute atomic E-state index is 13.4. The smallest absolute Gasteiger partial charge is 0.312 e. The molecular weight excluding hydrogens is 386 g/mol. The number of esters is 1. The van der Waals surface area contributed by atoms with Gasteiger partial charge in [0.2, 0.25) is 5.88 Å². The van der Waals surface area contributed by atoms with Gasteiger partial charge in [-0.15, -0.1) is 0 Å². The van der Waals surface area contributed by atoms with Crippen molar-refractivity contribution in [3.8, 4) is 5.88 Å². The molecule has 0 bridgehead atoms. The Morgan fingerprint density at radius 2 is 1.83 bits per heavy atom. The Morgan fingerprint density at radius 3 is 2.37 bits per heavy atom. The molecule has 1 aromatic heterocycles. The molecule has 0 aliphatic heterocycles. The minimum Gasteiger partial charge on any atom is -0.407 e. The zero-order valence-electron chi connectivity index (χ0n) is 18.2. The summed E-state index contributed by atoms with van der Waals surface area (Å²) in [6.07, 6.45) is 2.28. The first-order valence-electron chi connectivity index (χ1n) is 9.87. The van der Waals surface area contributed by atoms with E-state index < -0.39 is 16.7 Å². The second-order valence-corrected chi connectivity index (χ2v) is 7.26. The molecule has 0 fully saturated rings. The summed E-state index contributed by atoms with van der Waals surface area (Å²) in [6.45, 7) is 11.3. The van der Waals surface area contributed by atoms with Crippen LogP contribution in [0.25, 0.3) is 5.57 Å². The molecule has 8 nitrogen and oxygen atoms in total. The van der Waals surface area contributed by atoms with Crippen molar-refractivity contribution in [1.82, 2.24) is 9.78 Å². The molecule has 0 saturated heterocycles. The number of hydrogen-bond donors (Lipinski definition) is 0. The number of carbonyl (C=O) groups is 2. The van der Waals surface area contributed by atoms with Crippen molar-refractivity contribution >= 4 is 23.0 Å². The molecule has 0 spiro atoms. The van der Waals surface area contributed by atoms with Crippen molar-refractivity contribution < 1.29 is 19.2 Å². The third-order valence-electron chi connectivity index (χ3n) is 4.98. The highest BCUT2D eigenvalue weighted by Crippen LogP contribution is 2.34. The van der Waals surface area contributed by atoms with E-state index in [0.717, 1.165) is 17.6 Å². The molecule has 1 heterocycles. The molecule has 2 aromatic rings.